The van der Waals surface area contributed by atoms with Gasteiger partial charge in [0, 0.05) is 28.2 Å². The molecule has 1 aromatic heterocycles. The highest BCUT2D eigenvalue weighted by molar-refractivity contribution is 6.31. The number of aromatic hydroxyl groups is 1. The minimum absolute atomic E-state index is 0.0873. The number of hydrogen-bond donors (Lipinski definition) is 2. The summed E-state index contributed by atoms with van der Waals surface area (Å²) in [5.74, 6) is -2.89. The predicted molar refractivity (Wildman–Crippen MR) is 111 cm³/mol. The normalized spacial score (nSPS) is 12.1. The van der Waals surface area contributed by atoms with Crippen LogP contribution in [-0.4, -0.2) is 33.3 Å². The number of fused-ring (bicyclic) bond motifs is 1. The van der Waals surface area contributed by atoms with Crippen LogP contribution >= 0.6 is 11.6 Å². The molecule has 3 rings (SSSR count). The van der Waals surface area contributed by atoms with Gasteiger partial charge in [0.1, 0.15) is 11.7 Å². The van der Waals surface area contributed by atoms with Crippen LogP contribution in [0.5, 0.6) is 5.75 Å². The second-order valence-electron chi connectivity index (χ2n) is 6.64. The van der Waals surface area contributed by atoms with Crippen LogP contribution in [0.25, 0.3) is 10.9 Å². The summed E-state index contributed by atoms with van der Waals surface area (Å²) in [5.41, 5.74) is 2.47. The van der Waals surface area contributed by atoms with E-state index in [1.54, 1.807) is 19.1 Å². The number of carboxylic acids is 1. The summed E-state index contributed by atoms with van der Waals surface area (Å²) in [7, 11) is 0. The molecule has 1 atom stereocenters. The van der Waals surface area contributed by atoms with Crippen molar-refractivity contribution < 1.29 is 24.5 Å². The lowest BCUT2D eigenvalue weighted by molar-refractivity contribution is -0.137. The fourth-order valence-electron chi connectivity index (χ4n) is 3.84. The molecule has 1 unspecified atom stereocenters. The molecule has 0 aliphatic carbocycles. The summed E-state index contributed by atoms with van der Waals surface area (Å²) >= 11 is 6.28. The van der Waals surface area contributed by atoms with Crippen LogP contribution in [0.1, 0.15) is 46.9 Å². The molecule has 0 saturated heterocycles. The van der Waals surface area contributed by atoms with Gasteiger partial charge in [-0.3, -0.25) is 4.79 Å². The molecule has 0 spiro atoms. The highest BCUT2D eigenvalue weighted by Crippen LogP contribution is 2.39. The monoisotopic (exact) mass is 415 g/mol. The SMILES string of the molecule is CCOC(=O)c1c(C)n(CC)c2cccc(C(C(=O)O)c3cc(O)ccc3Cl)c12. The molecule has 2 aromatic carbocycles. The predicted octanol–water partition coefficient (Wildman–Crippen LogP) is 4.72. The number of aliphatic carboxylic acids is 1. The van der Waals surface area contributed by atoms with Crippen molar-refractivity contribution in [2.75, 3.05) is 6.61 Å². The molecule has 0 saturated carbocycles. The van der Waals surface area contributed by atoms with Crippen molar-refractivity contribution in [1.82, 2.24) is 4.57 Å². The number of benzene rings is 2. The first-order chi connectivity index (χ1) is 13.8. The number of hydrogen-bond acceptors (Lipinski definition) is 4. The Kier molecular flexibility index (Phi) is 5.84. The molecule has 0 aliphatic heterocycles. The molecule has 2 N–H and O–H groups in total. The van der Waals surface area contributed by atoms with Crippen molar-refractivity contribution in [3.05, 3.63) is 63.8 Å². The lowest BCUT2D eigenvalue weighted by atomic mass is 9.87. The summed E-state index contributed by atoms with van der Waals surface area (Å²) < 4.78 is 7.21. The number of esters is 1. The van der Waals surface area contributed by atoms with E-state index in [1.165, 1.54) is 18.2 Å². The van der Waals surface area contributed by atoms with Gasteiger partial charge in [0.25, 0.3) is 0 Å². The Hall–Kier alpha value is -2.99. The van der Waals surface area contributed by atoms with Crippen LogP contribution in [0.2, 0.25) is 5.02 Å². The highest BCUT2D eigenvalue weighted by Gasteiger charge is 2.31. The Labute approximate surface area is 173 Å². The van der Waals surface area contributed by atoms with Crippen molar-refractivity contribution in [3.8, 4) is 5.75 Å². The summed E-state index contributed by atoms with van der Waals surface area (Å²) in [6.07, 6.45) is 0. The number of rotatable bonds is 6. The number of carbonyl (C=O) groups excluding carboxylic acids is 1. The maximum absolute atomic E-state index is 12.8. The van der Waals surface area contributed by atoms with Gasteiger partial charge in [-0.25, -0.2) is 4.79 Å². The number of ether oxygens (including phenoxy) is 1. The first-order valence-corrected chi connectivity index (χ1v) is 9.69. The number of halogens is 1. The van der Waals surface area contributed by atoms with E-state index >= 15 is 0 Å². The van der Waals surface area contributed by atoms with Gasteiger partial charge in [0.05, 0.1) is 12.2 Å². The number of nitrogens with zero attached hydrogens (tertiary/aromatic N) is 1. The summed E-state index contributed by atoms with van der Waals surface area (Å²) in [4.78, 5) is 25.1. The van der Waals surface area contributed by atoms with E-state index < -0.39 is 17.9 Å². The zero-order valence-corrected chi connectivity index (χ0v) is 17.2. The number of aryl methyl sites for hydroxylation is 1. The quantitative estimate of drug-likeness (QED) is 0.568. The molecule has 29 heavy (non-hydrogen) atoms. The molecule has 3 aromatic rings. The van der Waals surface area contributed by atoms with Gasteiger partial charge in [-0.1, -0.05) is 23.7 Å². The molecule has 0 amide bonds. The van der Waals surface area contributed by atoms with Crippen LogP contribution in [-0.2, 0) is 16.1 Å². The topological polar surface area (TPSA) is 88.8 Å². The van der Waals surface area contributed by atoms with Crippen molar-refractivity contribution in [2.24, 2.45) is 0 Å². The van der Waals surface area contributed by atoms with Crippen LogP contribution in [0.15, 0.2) is 36.4 Å². The van der Waals surface area contributed by atoms with Crippen molar-refractivity contribution >= 4 is 34.4 Å². The van der Waals surface area contributed by atoms with E-state index in [9.17, 15) is 19.8 Å². The van der Waals surface area contributed by atoms with E-state index in [0.29, 0.717) is 28.8 Å². The van der Waals surface area contributed by atoms with E-state index in [0.717, 1.165) is 5.52 Å². The maximum atomic E-state index is 12.8. The van der Waals surface area contributed by atoms with E-state index in [4.69, 9.17) is 16.3 Å². The lowest BCUT2D eigenvalue weighted by Gasteiger charge is -2.17. The first-order valence-electron chi connectivity index (χ1n) is 9.31. The Morgan fingerprint density at radius 1 is 1.17 bits per heavy atom. The van der Waals surface area contributed by atoms with Crippen molar-refractivity contribution in [2.45, 2.75) is 33.2 Å². The van der Waals surface area contributed by atoms with Crippen LogP contribution in [0.4, 0.5) is 0 Å². The van der Waals surface area contributed by atoms with Gasteiger partial charge in [-0.05, 0) is 56.2 Å². The standard InChI is InChI=1S/C22H22ClNO5/c1-4-24-12(3)18(22(28)29-5-2)20-14(7-6-8-17(20)24)19(21(26)27)15-11-13(25)9-10-16(15)23/h6-11,19,25H,4-5H2,1-3H3,(H,26,27). The third-order valence-corrected chi connectivity index (χ3v) is 5.37. The molecule has 7 heteroatoms. The second kappa shape index (κ2) is 8.17. The second-order valence-corrected chi connectivity index (χ2v) is 7.05. The fraction of sp³-hybridized carbons (Fsp3) is 0.273. The highest BCUT2D eigenvalue weighted by atomic mass is 35.5. The largest absolute Gasteiger partial charge is 0.508 e. The van der Waals surface area contributed by atoms with Gasteiger partial charge in [-0.2, -0.15) is 0 Å². The number of aromatic nitrogens is 1. The lowest BCUT2D eigenvalue weighted by Crippen LogP contribution is -2.15. The molecule has 0 radical (unpaired) electrons. The number of phenolic OH excluding ortho intramolecular Hbond substituents is 1. The smallest absolute Gasteiger partial charge is 0.340 e. The molecule has 1 heterocycles. The summed E-state index contributed by atoms with van der Waals surface area (Å²) in [5, 5.41) is 20.7. The van der Waals surface area contributed by atoms with Gasteiger partial charge in [0.2, 0.25) is 0 Å². The van der Waals surface area contributed by atoms with Gasteiger partial charge < -0.3 is 19.5 Å². The average Bonchev–Trinajstić information content (AvgIpc) is 2.96. The first kappa shape index (κ1) is 20.7. The van der Waals surface area contributed by atoms with Crippen molar-refractivity contribution in [3.63, 3.8) is 0 Å². The van der Waals surface area contributed by atoms with Crippen LogP contribution in [0, 0.1) is 6.92 Å². The fourth-order valence-corrected chi connectivity index (χ4v) is 4.07. The molecule has 152 valence electrons. The molecular formula is C22H22ClNO5. The number of carboxylic acid groups (broad SMARTS) is 1. The van der Waals surface area contributed by atoms with Gasteiger partial charge in [0.15, 0.2) is 0 Å². The van der Waals surface area contributed by atoms with Crippen LogP contribution in [0.3, 0.4) is 0 Å². The Morgan fingerprint density at radius 2 is 1.90 bits per heavy atom. The number of phenols is 1. The Bertz CT molecular complexity index is 1100. The molecule has 0 bridgehead atoms. The van der Waals surface area contributed by atoms with Crippen LogP contribution < -0.4 is 0 Å². The average molecular weight is 416 g/mol. The van der Waals surface area contributed by atoms with E-state index in [1.807, 2.05) is 24.5 Å². The molecule has 6 nitrogen and oxygen atoms in total. The number of carbonyl (C=O) groups is 2. The zero-order chi connectivity index (χ0) is 21.3. The summed E-state index contributed by atoms with van der Waals surface area (Å²) in [6.45, 7) is 6.31. The Morgan fingerprint density at radius 3 is 2.52 bits per heavy atom. The maximum Gasteiger partial charge on any atom is 0.340 e. The molecule has 0 aliphatic rings. The van der Waals surface area contributed by atoms with Crippen molar-refractivity contribution in [1.29, 1.82) is 0 Å². The molecule has 0 fully saturated rings. The minimum Gasteiger partial charge on any atom is -0.508 e. The van der Waals surface area contributed by atoms with Gasteiger partial charge in [-0.15, -0.1) is 0 Å². The third-order valence-electron chi connectivity index (χ3n) is 5.03. The third kappa shape index (κ3) is 3.56. The van der Waals surface area contributed by atoms with E-state index in [-0.39, 0.29) is 22.9 Å². The Balaban J connectivity index is 2.40. The van der Waals surface area contributed by atoms with Gasteiger partial charge >= 0.3 is 11.9 Å². The van der Waals surface area contributed by atoms with E-state index in [2.05, 4.69) is 0 Å². The minimum atomic E-state index is -1.17. The molecular weight excluding hydrogens is 394 g/mol. The summed E-state index contributed by atoms with van der Waals surface area (Å²) in [6, 6.07) is 9.47. The zero-order valence-electron chi connectivity index (χ0n) is 16.4.